The molecule has 1 fully saturated rings. The fourth-order valence-corrected chi connectivity index (χ4v) is 4.51. The average molecular weight is 480 g/mol. The van der Waals surface area contributed by atoms with Crippen molar-refractivity contribution in [2.75, 3.05) is 54.5 Å². The third-order valence-electron chi connectivity index (χ3n) is 6.62. The zero-order valence-electron chi connectivity index (χ0n) is 21.0. The van der Waals surface area contributed by atoms with Gasteiger partial charge in [-0.15, -0.1) is 0 Å². The van der Waals surface area contributed by atoms with Crippen LogP contribution in [0.4, 0.5) is 4.79 Å². The van der Waals surface area contributed by atoms with Crippen LogP contribution in [0, 0.1) is 0 Å². The minimum Gasteiger partial charge on any atom is -0.493 e. The molecule has 2 aromatic carbocycles. The van der Waals surface area contributed by atoms with E-state index < -0.39 is 0 Å². The maximum Gasteiger partial charge on any atom is 0.337 e. The van der Waals surface area contributed by atoms with Gasteiger partial charge in [0.15, 0.2) is 11.5 Å². The molecule has 1 N–H and O–H groups in total. The molecule has 1 saturated heterocycles. The first-order chi connectivity index (χ1) is 16.9. The Morgan fingerprint density at radius 2 is 1.63 bits per heavy atom. The number of urea groups is 1. The van der Waals surface area contributed by atoms with Crippen molar-refractivity contribution in [2.45, 2.75) is 19.4 Å². The van der Waals surface area contributed by atoms with Gasteiger partial charge in [0.05, 0.1) is 26.0 Å². The summed E-state index contributed by atoms with van der Waals surface area (Å²) in [5, 5.41) is 8.93. The molecule has 9 heteroatoms. The molecular formula is C26H33N5O4. The van der Waals surface area contributed by atoms with Crippen molar-refractivity contribution >= 4 is 17.6 Å². The Bertz CT molecular complexity index is 1120. The van der Waals surface area contributed by atoms with Crippen molar-refractivity contribution in [3.8, 4) is 11.5 Å². The number of likely N-dealkylation sites (N-methyl/N-ethyl adjacent to an activating group) is 1. The van der Waals surface area contributed by atoms with E-state index in [1.165, 1.54) is 5.01 Å². The number of piperazine rings is 1. The number of carbonyl (C=O) groups excluding carboxylic acids is 2. The van der Waals surface area contributed by atoms with E-state index in [-0.39, 0.29) is 18.0 Å². The molecule has 2 heterocycles. The number of hydrogen-bond donors (Lipinski definition) is 1. The van der Waals surface area contributed by atoms with Gasteiger partial charge in [-0.3, -0.25) is 4.79 Å². The summed E-state index contributed by atoms with van der Waals surface area (Å²) in [5.41, 5.74) is 3.93. The lowest BCUT2D eigenvalue weighted by molar-refractivity contribution is 0.0664. The van der Waals surface area contributed by atoms with Crippen LogP contribution in [0.2, 0.25) is 0 Å². The van der Waals surface area contributed by atoms with Crippen molar-refractivity contribution < 1.29 is 19.1 Å². The highest BCUT2D eigenvalue weighted by atomic mass is 16.5. The van der Waals surface area contributed by atoms with Gasteiger partial charge in [-0.1, -0.05) is 12.1 Å². The summed E-state index contributed by atoms with van der Waals surface area (Å²) in [7, 11) is 6.85. The Kier molecular flexibility index (Phi) is 7.25. The molecule has 1 atom stereocenters. The molecule has 2 aliphatic rings. The first-order valence-corrected chi connectivity index (χ1v) is 11.8. The molecule has 0 saturated carbocycles. The van der Waals surface area contributed by atoms with Crippen molar-refractivity contribution in [3.63, 3.8) is 0 Å². The number of carbonyl (C=O) groups is 2. The maximum atomic E-state index is 13.0. The summed E-state index contributed by atoms with van der Waals surface area (Å²) in [6.45, 7) is 5.14. The number of amides is 3. The number of methoxy groups -OCH3 is 2. The van der Waals surface area contributed by atoms with Gasteiger partial charge in [-0.25, -0.2) is 9.80 Å². The Hall–Kier alpha value is -3.59. The zero-order chi connectivity index (χ0) is 25.1. The molecule has 4 rings (SSSR count). The second kappa shape index (κ2) is 10.4. The van der Waals surface area contributed by atoms with E-state index in [1.54, 1.807) is 21.3 Å². The topological polar surface area (TPSA) is 86.7 Å². The number of hydrogen-bond acceptors (Lipinski definition) is 6. The molecule has 186 valence electrons. The van der Waals surface area contributed by atoms with Crippen LogP contribution in [0.5, 0.6) is 11.5 Å². The maximum absolute atomic E-state index is 13.0. The molecule has 3 amide bonds. The Morgan fingerprint density at radius 1 is 1.00 bits per heavy atom. The summed E-state index contributed by atoms with van der Waals surface area (Å²) >= 11 is 0. The SMILES string of the molecule is CNC(=O)N1N=C(c2ccc(C(=O)N3CCN(C)CC3)cc2)c2cc(OC)c(OC)cc2CC1C. The van der Waals surface area contributed by atoms with E-state index in [4.69, 9.17) is 14.6 Å². The third-order valence-corrected chi connectivity index (χ3v) is 6.62. The number of nitrogens with one attached hydrogen (secondary N) is 1. The first kappa shape index (κ1) is 24.5. The van der Waals surface area contributed by atoms with Gasteiger partial charge in [0.2, 0.25) is 0 Å². The Labute approximate surface area is 206 Å². The molecule has 0 aliphatic carbocycles. The number of fused-ring (bicyclic) bond motifs is 1. The van der Waals surface area contributed by atoms with Gasteiger partial charge >= 0.3 is 6.03 Å². The van der Waals surface area contributed by atoms with E-state index in [9.17, 15) is 9.59 Å². The van der Waals surface area contributed by atoms with Gasteiger partial charge in [-0.2, -0.15) is 5.10 Å². The minimum absolute atomic E-state index is 0.0277. The predicted molar refractivity (Wildman–Crippen MR) is 134 cm³/mol. The summed E-state index contributed by atoms with van der Waals surface area (Å²) in [5.74, 6) is 1.24. The molecular weight excluding hydrogens is 446 g/mol. The standard InChI is InChI=1S/C26H33N5O4/c1-17-14-20-15-22(34-4)23(35-5)16-21(20)24(28-31(17)26(33)27-2)18-6-8-19(9-7-18)25(32)30-12-10-29(3)11-13-30/h6-9,15-17H,10-14H2,1-5H3,(H,27,33). The van der Waals surface area contributed by atoms with E-state index in [0.717, 1.165) is 42.9 Å². The van der Waals surface area contributed by atoms with E-state index >= 15 is 0 Å². The number of ether oxygens (including phenoxy) is 2. The number of rotatable bonds is 4. The van der Waals surface area contributed by atoms with E-state index in [1.807, 2.05) is 48.2 Å². The molecule has 35 heavy (non-hydrogen) atoms. The van der Waals surface area contributed by atoms with Crippen LogP contribution in [0.25, 0.3) is 0 Å². The fraction of sp³-hybridized carbons (Fsp3) is 0.423. The van der Waals surface area contributed by atoms with Crippen molar-refractivity contribution in [1.82, 2.24) is 20.1 Å². The molecule has 1 unspecified atom stereocenters. The van der Waals surface area contributed by atoms with Gasteiger partial charge in [0.1, 0.15) is 0 Å². The average Bonchev–Trinajstić information content (AvgIpc) is 3.03. The number of nitrogens with zero attached hydrogens (tertiary/aromatic N) is 4. The highest BCUT2D eigenvalue weighted by Gasteiger charge is 2.28. The highest BCUT2D eigenvalue weighted by molar-refractivity contribution is 6.15. The van der Waals surface area contributed by atoms with Crippen LogP contribution in [-0.4, -0.2) is 93.0 Å². The summed E-state index contributed by atoms with van der Waals surface area (Å²) in [6, 6.07) is 10.8. The van der Waals surface area contributed by atoms with E-state index in [2.05, 4.69) is 17.3 Å². The number of benzene rings is 2. The fourth-order valence-electron chi connectivity index (χ4n) is 4.51. The van der Waals surface area contributed by atoms with Crippen LogP contribution in [0.3, 0.4) is 0 Å². The van der Waals surface area contributed by atoms with Gasteiger partial charge < -0.3 is 24.6 Å². The zero-order valence-corrected chi connectivity index (χ0v) is 21.0. The highest BCUT2D eigenvalue weighted by Crippen LogP contribution is 2.34. The number of hydrazone groups is 1. The Balaban J connectivity index is 1.74. The largest absolute Gasteiger partial charge is 0.493 e. The summed E-state index contributed by atoms with van der Waals surface area (Å²) in [6.07, 6.45) is 0.593. The van der Waals surface area contributed by atoms with Crippen LogP contribution in [-0.2, 0) is 6.42 Å². The summed E-state index contributed by atoms with van der Waals surface area (Å²) < 4.78 is 11.1. The van der Waals surface area contributed by atoms with Crippen molar-refractivity contribution in [2.24, 2.45) is 5.10 Å². The van der Waals surface area contributed by atoms with Crippen molar-refractivity contribution in [3.05, 3.63) is 58.7 Å². The predicted octanol–water partition coefficient (Wildman–Crippen LogP) is 2.43. The first-order valence-electron chi connectivity index (χ1n) is 11.8. The minimum atomic E-state index is -0.288. The molecule has 9 nitrogen and oxygen atoms in total. The normalized spacial score (nSPS) is 18.3. The quantitative estimate of drug-likeness (QED) is 0.728. The third kappa shape index (κ3) is 4.95. The lowest BCUT2D eigenvalue weighted by atomic mass is 9.93. The molecule has 0 radical (unpaired) electrons. The van der Waals surface area contributed by atoms with Gasteiger partial charge in [0.25, 0.3) is 5.91 Å². The van der Waals surface area contributed by atoms with E-state index in [0.29, 0.717) is 29.2 Å². The lowest BCUT2D eigenvalue weighted by Crippen LogP contribution is -2.47. The van der Waals surface area contributed by atoms with Gasteiger partial charge in [-0.05, 0) is 50.2 Å². The second-order valence-electron chi connectivity index (χ2n) is 8.94. The monoisotopic (exact) mass is 479 g/mol. The van der Waals surface area contributed by atoms with Crippen LogP contribution < -0.4 is 14.8 Å². The van der Waals surface area contributed by atoms with Gasteiger partial charge in [0, 0.05) is 49.9 Å². The van der Waals surface area contributed by atoms with Crippen LogP contribution >= 0.6 is 0 Å². The molecule has 0 aromatic heterocycles. The summed E-state index contributed by atoms with van der Waals surface area (Å²) in [4.78, 5) is 29.8. The van der Waals surface area contributed by atoms with Crippen LogP contribution in [0.1, 0.15) is 34.0 Å². The Morgan fingerprint density at radius 3 is 2.23 bits per heavy atom. The lowest BCUT2D eigenvalue weighted by Gasteiger charge is -2.32. The van der Waals surface area contributed by atoms with Crippen LogP contribution in [0.15, 0.2) is 41.5 Å². The molecule has 2 aromatic rings. The van der Waals surface area contributed by atoms with Crippen molar-refractivity contribution in [1.29, 1.82) is 0 Å². The molecule has 0 bridgehead atoms. The smallest absolute Gasteiger partial charge is 0.337 e. The molecule has 0 spiro atoms. The second-order valence-corrected chi connectivity index (χ2v) is 8.94. The molecule has 2 aliphatic heterocycles.